The highest BCUT2D eigenvalue weighted by Crippen LogP contribution is 2.24. The van der Waals surface area contributed by atoms with Gasteiger partial charge in [0.05, 0.1) is 16.7 Å². The molecule has 0 aliphatic carbocycles. The standard InChI is InChI=1S/C27H26N4O6/c1-17-6-5-7-19(14-17)25(33)37-23-13-12-22(31(35)36)15-20(23)16-28-30-24(32)18-8-10-21(11-9-18)29-26(34)27(2,3)4/h5-16H,1-4H3,(H,29,34)(H,30,32)/b28-16+. The van der Waals surface area contributed by atoms with Crippen LogP contribution in [0.5, 0.6) is 5.75 Å². The summed E-state index contributed by atoms with van der Waals surface area (Å²) in [4.78, 5) is 47.8. The highest BCUT2D eigenvalue weighted by molar-refractivity contribution is 5.98. The van der Waals surface area contributed by atoms with Gasteiger partial charge in [-0.25, -0.2) is 10.2 Å². The van der Waals surface area contributed by atoms with Crippen molar-refractivity contribution in [3.8, 4) is 5.75 Å². The number of amides is 2. The van der Waals surface area contributed by atoms with Crippen LogP contribution in [0.15, 0.2) is 71.8 Å². The zero-order chi connectivity index (χ0) is 27.2. The van der Waals surface area contributed by atoms with Gasteiger partial charge in [0.2, 0.25) is 5.91 Å². The SMILES string of the molecule is Cc1cccc(C(=O)Oc2ccc([N+](=O)[O-])cc2/C=N/NC(=O)c2ccc(NC(=O)C(C)(C)C)cc2)c1. The quantitative estimate of drug-likeness (QED) is 0.155. The molecular formula is C27H26N4O6. The van der Waals surface area contributed by atoms with Gasteiger partial charge in [-0.05, 0) is 49.4 Å². The molecule has 10 nitrogen and oxygen atoms in total. The molecule has 0 atom stereocenters. The van der Waals surface area contributed by atoms with Crippen LogP contribution >= 0.6 is 0 Å². The minimum atomic E-state index is -0.644. The molecule has 0 aliphatic heterocycles. The topological polar surface area (TPSA) is 140 Å². The second kappa shape index (κ2) is 11.3. The number of hydrogen-bond donors (Lipinski definition) is 2. The monoisotopic (exact) mass is 502 g/mol. The molecule has 0 unspecified atom stereocenters. The van der Waals surface area contributed by atoms with Crippen LogP contribution in [-0.2, 0) is 4.79 Å². The van der Waals surface area contributed by atoms with Crippen LogP contribution in [0.4, 0.5) is 11.4 Å². The predicted molar refractivity (Wildman–Crippen MR) is 139 cm³/mol. The van der Waals surface area contributed by atoms with E-state index < -0.39 is 22.2 Å². The van der Waals surface area contributed by atoms with E-state index in [1.54, 1.807) is 51.1 Å². The average Bonchev–Trinajstić information content (AvgIpc) is 2.84. The van der Waals surface area contributed by atoms with Crippen LogP contribution in [0, 0.1) is 22.5 Å². The van der Waals surface area contributed by atoms with Crippen molar-refractivity contribution in [2.45, 2.75) is 27.7 Å². The summed E-state index contributed by atoms with van der Waals surface area (Å²) in [5, 5.41) is 17.9. The van der Waals surface area contributed by atoms with Crippen molar-refractivity contribution in [2.75, 3.05) is 5.32 Å². The third-order valence-corrected chi connectivity index (χ3v) is 5.12. The van der Waals surface area contributed by atoms with Crippen molar-refractivity contribution in [2.24, 2.45) is 10.5 Å². The molecule has 3 rings (SSSR count). The van der Waals surface area contributed by atoms with Crippen LogP contribution in [0.2, 0.25) is 0 Å². The Hall–Kier alpha value is -4.86. The van der Waals surface area contributed by atoms with Crippen LogP contribution < -0.4 is 15.5 Å². The lowest BCUT2D eigenvalue weighted by Crippen LogP contribution is -2.27. The summed E-state index contributed by atoms with van der Waals surface area (Å²) in [5.41, 5.74) is 3.65. The van der Waals surface area contributed by atoms with Crippen LogP contribution in [0.1, 0.15) is 52.6 Å². The van der Waals surface area contributed by atoms with Gasteiger partial charge in [-0.3, -0.25) is 19.7 Å². The molecule has 0 bridgehead atoms. The first-order chi connectivity index (χ1) is 17.4. The van der Waals surface area contributed by atoms with Gasteiger partial charge < -0.3 is 10.1 Å². The number of aryl methyl sites for hydroxylation is 1. The van der Waals surface area contributed by atoms with E-state index in [0.717, 1.165) is 11.8 Å². The van der Waals surface area contributed by atoms with Gasteiger partial charge in [-0.15, -0.1) is 0 Å². The Bertz CT molecular complexity index is 1370. The average molecular weight is 503 g/mol. The smallest absolute Gasteiger partial charge is 0.343 e. The summed E-state index contributed by atoms with van der Waals surface area (Å²) in [6.45, 7) is 7.20. The number of hydrogen-bond acceptors (Lipinski definition) is 7. The largest absolute Gasteiger partial charge is 0.422 e. The molecule has 37 heavy (non-hydrogen) atoms. The lowest BCUT2D eigenvalue weighted by Gasteiger charge is -2.17. The van der Waals surface area contributed by atoms with Crippen molar-refractivity contribution < 1.29 is 24.0 Å². The van der Waals surface area contributed by atoms with E-state index in [1.165, 1.54) is 30.3 Å². The number of anilines is 1. The Balaban J connectivity index is 1.73. The molecular weight excluding hydrogens is 476 g/mol. The number of hydrazone groups is 1. The van der Waals surface area contributed by atoms with Crippen LogP contribution in [0.3, 0.4) is 0 Å². The molecule has 0 aromatic heterocycles. The summed E-state index contributed by atoms with van der Waals surface area (Å²) in [7, 11) is 0. The number of benzene rings is 3. The maximum absolute atomic E-state index is 12.6. The Morgan fingerprint density at radius 1 is 0.973 bits per heavy atom. The normalized spacial score (nSPS) is 11.1. The molecule has 2 amide bonds. The molecule has 190 valence electrons. The molecule has 10 heteroatoms. The van der Waals surface area contributed by atoms with Gasteiger partial charge >= 0.3 is 5.97 Å². The number of nitrogens with one attached hydrogen (secondary N) is 2. The first-order valence-electron chi connectivity index (χ1n) is 11.3. The molecule has 3 aromatic rings. The van der Waals surface area contributed by atoms with Gasteiger partial charge in [0.15, 0.2) is 0 Å². The van der Waals surface area contributed by atoms with E-state index in [-0.39, 0.29) is 28.5 Å². The minimum absolute atomic E-state index is 0.0362. The Kier molecular flexibility index (Phi) is 8.13. The van der Waals surface area contributed by atoms with Crippen LogP contribution in [-0.4, -0.2) is 28.9 Å². The minimum Gasteiger partial charge on any atom is -0.422 e. The molecule has 0 saturated carbocycles. The van der Waals surface area contributed by atoms with Crippen molar-refractivity contribution in [1.29, 1.82) is 0 Å². The third kappa shape index (κ3) is 7.31. The lowest BCUT2D eigenvalue weighted by molar-refractivity contribution is -0.384. The maximum atomic E-state index is 12.6. The zero-order valence-corrected chi connectivity index (χ0v) is 20.8. The molecule has 2 N–H and O–H groups in total. The summed E-state index contributed by atoms with van der Waals surface area (Å²) >= 11 is 0. The van der Waals surface area contributed by atoms with E-state index in [1.807, 2.05) is 13.0 Å². The highest BCUT2D eigenvalue weighted by atomic mass is 16.6. The van der Waals surface area contributed by atoms with Gasteiger partial charge in [-0.2, -0.15) is 5.10 Å². The van der Waals surface area contributed by atoms with Crippen molar-refractivity contribution >= 4 is 35.4 Å². The summed E-state index contributed by atoms with van der Waals surface area (Å²) in [6.07, 6.45) is 1.15. The number of nitro groups is 1. The summed E-state index contributed by atoms with van der Waals surface area (Å²) in [6, 6.07) is 16.7. The lowest BCUT2D eigenvalue weighted by atomic mass is 9.95. The van der Waals surface area contributed by atoms with Gasteiger partial charge in [-0.1, -0.05) is 38.5 Å². The number of esters is 1. The Morgan fingerprint density at radius 2 is 1.68 bits per heavy atom. The number of ether oxygens (including phenoxy) is 1. The fraction of sp³-hybridized carbons (Fsp3) is 0.185. The number of rotatable bonds is 7. The van der Waals surface area contributed by atoms with Crippen molar-refractivity contribution in [3.05, 3.63) is 99.1 Å². The fourth-order valence-electron chi connectivity index (χ4n) is 3.02. The molecule has 0 radical (unpaired) electrons. The van der Waals surface area contributed by atoms with E-state index >= 15 is 0 Å². The Morgan fingerprint density at radius 3 is 2.30 bits per heavy atom. The van der Waals surface area contributed by atoms with Gasteiger partial charge in [0, 0.05) is 34.4 Å². The molecule has 0 fully saturated rings. The van der Waals surface area contributed by atoms with Gasteiger partial charge in [0.1, 0.15) is 5.75 Å². The third-order valence-electron chi connectivity index (χ3n) is 5.12. The number of carbonyl (C=O) groups excluding carboxylic acids is 3. The summed E-state index contributed by atoms with van der Waals surface area (Å²) < 4.78 is 5.43. The summed E-state index contributed by atoms with van der Waals surface area (Å²) in [5.74, 6) is -1.32. The highest BCUT2D eigenvalue weighted by Gasteiger charge is 2.21. The second-order valence-electron chi connectivity index (χ2n) is 9.22. The first-order valence-corrected chi connectivity index (χ1v) is 11.3. The van der Waals surface area contributed by atoms with E-state index in [2.05, 4.69) is 15.8 Å². The van der Waals surface area contributed by atoms with E-state index in [0.29, 0.717) is 11.3 Å². The predicted octanol–water partition coefficient (Wildman–Crippen LogP) is 4.87. The Labute approximate surface area is 213 Å². The molecule has 0 saturated heterocycles. The first kappa shape index (κ1) is 26.7. The molecule has 3 aromatic carbocycles. The number of nitro benzene ring substituents is 1. The molecule has 0 spiro atoms. The van der Waals surface area contributed by atoms with E-state index in [9.17, 15) is 24.5 Å². The van der Waals surface area contributed by atoms with Crippen LogP contribution in [0.25, 0.3) is 0 Å². The zero-order valence-electron chi connectivity index (χ0n) is 20.8. The van der Waals surface area contributed by atoms with Crippen molar-refractivity contribution in [3.63, 3.8) is 0 Å². The molecule has 0 heterocycles. The maximum Gasteiger partial charge on any atom is 0.343 e. The second-order valence-corrected chi connectivity index (χ2v) is 9.22. The number of carbonyl (C=O) groups is 3. The molecule has 0 aliphatic rings. The fourth-order valence-corrected chi connectivity index (χ4v) is 3.02. The van der Waals surface area contributed by atoms with Crippen molar-refractivity contribution in [1.82, 2.24) is 5.43 Å². The van der Waals surface area contributed by atoms with Gasteiger partial charge in [0.25, 0.3) is 11.6 Å². The number of nitrogens with zero attached hydrogens (tertiary/aromatic N) is 2. The number of non-ortho nitro benzene ring substituents is 1. The van der Waals surface area contributed by atoms with E-state index in [4.69, 9.17) is 4.74 Å².